The van der Waals surface area contributed by atoms with Crippen molar-refractivity contribution in [1.82, 2.24) is 9.55 Å². The third-order valence-corrected chi connectivity index (χ3v) is 3.11. The molecule has 0 aliphatic heterocycles. The van der Waals surface area contributed by atoms with Crippen LogP contribution in [0, 0.1) is 0 Å². The van der Waals surface area contributed by atoms with Gasteiger partial charge in [-0.25, -0.2) is 9.78 Å². The van der Waals surface area contributed by atoms with Crippen molar-refractivity contribution in [2.45, 2.75) is 12.5 Å². The molecule has 0 radical (unpaired) electrons. The van der Waals surface area contributed by atoms with Crippen LogP contribution in [0.4, 0.5) is 13.2 Å². The Labute approximate surface area is 135 Å². The number of pyridine rings is 1. The van der Waals surface area contributed by atoms with Gasteiger partial charge in [0.2, 0.25) is 0 Å². The van der Waals surface area contributed by atoms with Crippen molar-refractivity contribution in [1.29, 1.82) is 0 Å². The van der Waals surface area contributed by atoms with Crippen LogP contribution in [0.1, 0.15) is 0 Å². The summed E-state index contributed by atoms with van der Waals surface area (Å²) in [5, 5.41) is 27.6. The summed E-state index contributed by atoms with van der Waals surface area (Å²) in [6.07, 6.45) is -8.35. The van der Waals surface area contributed by atoms with Gasteiger partial charge in [-0.3, -0.25) is 0 Å². The Morgan fingerprint density at radius 2 is 1.68 bits per heavy atom. The van der Waals surface area contributed by atoms with Crippen LogP contribution in [0.25, 0.3) is 22.5 Å². The van der Waals surface area contributed by atoms with Gasteiger partial charge in [0.1, 0.15) is 5.75 Å². The summed E-state index contributed by atoms with van der Waals surface area (Å²) < 4.78 is 45.0. The lowest BCUT2D eigenvalue weighted by Crippen LogP contribution is -2.38. The van der Waals surface area contributed by atoms with Gasteiger partial charge in [0.05, 0.1) is 5.69 Å². The highest BCUT2D eigenvalue weighted by molar-refractivity contribution is 5.74. The molecule has 0 atom stereocenters. The van der Waals surface area contributed by atoms with Crippen LogP contribution in [0.5, 0.6) is 5.75 Å². The number of nitrogens with zero attached hydrogens (tertiary/aromatic N) is 2. The fourth-order valence-corrected chi connectivity index (χ4v) is 2.15. The van der Waals surface area contributed by atoms with Crippen molar-refractivity contribution in [2.75, 3.05) is 0 Å². The van der Waals surface area contributed by atoms with Crippen LogP contribution in [0.2, 0.25) is 0 Å². The molecule has 132 valence electrons. The first kappa shape index (κ1) is 17.0. The molecule has 8 nitrogen and oxygen atoms in total. The van der Waals surface area contributed by atoms with Crippen molar-refractivity contribution in [3.05, 3.63) is 46.9 Å². The lowest BCUT2D eigenvalue weighted by Gasteiger charge is -2.13. The van der Waals surface area contributed by atoms with Gasteiger partial charge in [-0.15, -0.1) is 13.2 Å². The van der Waals surface area contributed by atoms with Gasteiger partial charge in [0.15, 0.2) is 11.2 Å². The monoisotopic (exact) mass is 358 g/mol. The van der Waals surface area contributed by atoms with Gasteiger partial charge in [0, 0.05) is 5.56 Å². The molecule has 11 heteroatoms. The number of hydrogen-bond acceptors (Lipinski definition) is 7. The Balaban J connectivity index is 2.03. The SMILES string of the molecule is O=c1oc2ccc(-c3ccc(OC(F)(F)F)cc3)nc2n1C(O)(O)O. The summed E-state index contributed by atoms with van der Waals surface area (Å²) in [4.78, 5) is 15.5. The molecule has 25 heavy (non-hydrogen) atoms. The highest BCUT2D eigenvalue weighted by Gasteiger charge is 2.31. The Morgan fingerprint density at radius 3 is 2.24 bits per heavy atom. The molecule has 0 saturated carbocycles. The maximum absolute atomic E-state index is 12.1. The summed E-state index contributed by atoms with van der Waals surface area (Å²) in [5.41, 5.74) is 0.0128. The van der Waals surface area contributed by atoms with Crippen LogP contribution in [0.15, 0.2) is 45.6 Å². The number of rotatable bonds is 3. The van der Waals surface area contributed by atoms with Crippen molar-refractivity contribution in [3.63, 3.8) is 0 Å². The predicted molar refractivity (Wildman–Crippen MR) is 75.0 cm³/mol. The molecule has 0 spiro atoms. The summed E-state index contributed by atoms with van der Waals surface area (Å²) in [6, 6.07) is 7.35. The van der Waals surface area contributed by atoms with Crippen LogP contribution < -0.4 is 10.5 Å². The average Bonchev–Trinajstić information content (AvgIpc) is 2.81. The molecule has 0 amide bonds. The Morgan fingerprint density at radius 1 is 1.04 bits per heavy atom. The quantitative estimate of drug-likeness (QED) is 0.600. The number of alkyl halides is 3. The Kier molecular flexibility index (Phi) is 3.78. The van der Waals surface area contributed by atoms with Gasteiger partial charge < -0.3 is 24.5 Å². The standard InChI is InChI=1S/C14H9F3N2O6/c15-13(16,17)25-8-3-1-7(2-4-8)9-5-6-10-11(18-9)19(12(20)24-10)14(21,22)23/h1-6,21-23H. The van der Waals surface area contributed by atoms with Crippen LogP contribution >= 0.6 is 0 Å². The van der Waals surface area contributed by atoms with E-state index in [1.54, 1.807) is 0 Å². The number of halogens is 3. The van der Waals surface area contributed by atoms with E-state index in [-0.39, 0.29) is 21.5 Å². The first-order chi connectivity index (χ1) is 11.5. The summed E-state index contributed by atoms with van der Waals surface area (Å²) in [7, 11) is 0. The molecular weight excluding hydrogens is 349 g/mol. The highest BCUT2D eigenvalue weighted by atomic mass is 19.4. The second-order valence-corrected chi connectivity index (χ2v) is 4.89. The molecule has 0 aliphatic carbocycles. The predicted octanol–water partition coefficient (Wildman–Crippen LogP) is 1.10. The van der Waals surface area contributed by atoms with E-state index in [2.05, 4.69) is 9.72 Å². The van der Waals surface area contributed by atoms with Crippen LogP contribution in [0.3, 0.4) is 0 Å². The fraction of sp³-hybridized carbons (Fsp3) is 0.143. The largest absolute Gasteiger partial charge is 0.573 e. The van der Waals surface area contributed by atoms with Crippen LogP contribution in [-0.2, 0) is 6.10 Å². The number of aromatic nitrogens is 2. The van der Waals surface area contributed by atoms with E-state index in [9.17, 15) is 33.3 Å². The minimum absolute atomic E-state index is 0.104. The Bertz CT molecular complexity index is 969. The number of benzene rings is 1. The summed E-state index contributed by atoms with van der Waals surface area (Å²) in [5.74, 6) is -1.70. The molecule has 3 N–H and O–H groups in total. The first-order valence-electron chi connectivity index (χ1n) is 6.61. The number of fused-ring (bicyclic) bond motifs is 1. The molecule has 0 fully saturated rings. The van der Waals surface area contributed by atoms with Gasteiger partial charge >= 0.3 is 18.2 Å². The van der Waals surface area contributed by atoms with Crippen molar-refractivity contribution in [3.8, 4) is 17.0 Å². The maximum atomic E-state index is 12.1. The Hall–Kier alpha value is -2.89. The molecular formula is C14H9F3N2O6. The topological polar surface area (TPSA) is 118 Å². The third-order valence-electron chi connectivity index (χ3n) is 3.11. The van der Waals surface area contributed by atoms with Gasteiger partial charge in [0.25, 0.3) is 0 Å². The zero-order chi connectivity index (χ0) is 18.4. The lowest BCUT2D eigenvalue weighted by atomic mass is 10.1. The molecule has 1 aromatic carbocycles. The van der Waals surface area contributed by atoms with E-state index < -0.39 is 24.0 Å². The van der Waals surface area contributed by atoms with E-state index in [4.69, 9.17) is 4.42 Å². The highest BCUT2D eigenvalue weighted by Crippen LogP contribution is 2.27. The zero-order valence-corrected chi connectivity index (χ0v) is 12.1. The fourth-order valence-electron chi connectivity index (χ4n) is 2.15. The number of oxazole rings is 1. The van der Waals surface area contributed by atoms with Crippen molar-refractivity contribution >= 4 is 11.2 Å². The van der Waals surface area contributed by atoms with E-state index in [0.717, 1.165) is 12.1 Å². The number of hydrogen-bond donors (Lipinski definition) is 3. The van der Waals surface area contributed by atoms with E-state index >= 15 is 0 Å². The lowest BCUT2D eigenvalue weighted by molar-refractivity contribution is -0.375. The second kappa shape index (κ2) is 5.58. The molecule has 3 rings (SSSR count). The van der Waals surface area contributed by atoms with Crippen molar-refractivity contribution in [2.24, 2.45) is 0 Å². The summed E-state index contributed by atoms with van der Waals surface area (Å²) >= 11 is 0. The molecule has 0 aliphatic rings. The van der Waals surface area contributed by atoms with Gasteiger partial charge in [-0.1, -0.05) is 0 Å². The molecule has 2 heterocycles. The summed E-state index contributed by atoms with van der Waals surface area (Å²) in [6.45, 7) is 0. The van der Waals surface area contributed by atoms with Gasteiger partial charge in [-0.2, -0.15) is 4.57 Å². The average molecular weight is 358 g/mol. The van der Waals surface area contributed by atoms with E-state index in [1.807, 2.05) is 0 Å². The minimum Gasteiger partial charge on any atom is -0.406 e. The number of ether oxygens (including phenoxy) is 1. The van der Waals surface area contributed by atoms with Gasteiger partial charge in [-0.05, 0) is 36.4 Å². The minimum atomic E-state index is -4.82. The smallest absolute Gasteiger partial charge is 0.406 e. The van der Waals surface area contributed by atoms with E-state index in [1.165, 1.54) is 24.3 Å². The zero-order valence-electron chi connectivity index (χ0n) is 12.1. The van der Waals surface area contributed by atoms with E-state index in [0.29, 0.717) is 5.56 Å². The molecule has 0 unspecified atom stereocenters. The third kappa shape index (κ3) is 3.47. The molecule has 0 bridgehead atoms. The second-order valence-electron chi connectivity index (χ2n) is 4.89. The van der Waals surface area contributed by atoms with Crippen molar-refractivity contribution < 1.29 is 37.6 Å². The first-order valence-corrected chi connectivity index (χ1v) is 6.61. The molecule has 0 saturated heterocycles. The number of aliphatic hydroxyl groups is 3. The maximum Gasteiger partial charge on any atom is 0.573 e. The normalized spacial score (nSPS) is 12.6. The van der Waals surface area contributed by atoms with Crippen LogP contribution in [-0.4, -0.2) is 31.2 Å². The molecule has 2 aromatic heterocycles. The molecule has 3 aromatic rings.